The molecule has 1 atom stereocenters. The number of ether oxygens (including phenoxy) is 1. The van der Waals surface area contributed by atoms with Crippen molar-refractivity contribution in [2.24, 2.45) is 0 Å². The van der Waals surface area contributed by atoms with Crippen LogP contribution in [-0.4, -0.2) is 41.3 Å². The average molecular weight is 387 g/mol. The summed E-state index contributed by atoms with van der Waals surface area (Å²) in [6, 6.07) is 7.38. The van der Waals surface area contributed by atoms with Crippen LogP contribution in [0, 0.1) is 0 Å². The highest BCUT2D eigenvalue weighted by molar-refractivity contribution is 7.11. The maximum Gasteiger partial charge on any atom is 0.321 e. The summed E-state index contributed by atoms with van der Waals surface area (Å²) in [6.45, 7) is 1.48. The number of hydrogen-bond acceptors (Lipinski definition) is 5. The lowest BCUT2D eigenvalue weighted by atomic mass is 9.99. The van der Waals surface area contributed by atoms with E-state index in [2.05, 4.69) is 15.5 Å². The van der Waals surface area contributed by atoms with Gasteiger partial charge in [0.2, 0.25) is 0 Å². The number of nitrogens with zero attached hydrogens (tertiary/aromatic N) is 3. The van der Waals surface area contributed by atoms with Gasteiger partial charge in [0.1, 0.15) is 15.8 Å². The van der Waals surface area contributed by atoms with E-state index in [1.165, 1.54) is 30.7 Å². The van der Waals surface area contributed by atoms with Crippen LogP contribution in [0.5, 0.6) is 5.75 Å². The normalized spacial score (nSPS) is 20.6. The zero-order valence-corrected chi connectivity index (χ0v) is 16.5. The molecule has 7 heteroatoms. The van der Waals surface area contributed by atoms with E-state index in [0.717, 1.165) is 35.8 Å². The number of benzene rings is 1. The summed E-state index contributed by atoms with van der Waals surface area (Å²) in [6.07, 6.45) is 7.17. The van der Waals surface area contributed by atoms with Crippen molar-refractivity contribution in [1.29, 1.82) is 0 Å². The molecule has 144 valence electrons. The Labute approximate surface area is 163 Å². The van der Waals surface area contributed by atoms with E-state index in [-0.39, 0.29) is 6.03 Å². The second-order valence-electron chi connectivity index (χ2n) is 7.41. The topological polar surface area (TPSA) is 67.3 Å². The molecule has 2 fully saturated rings. The largest absolute Gasteiger partial charge is 0.497 e. The number of urea groups is 1. The predicted octanol–water partition coefficient (Wildman–Crippen LogP) is 4.62. The van der Waals surface area contributed by atoms with E-state index in [4.69, 9.17) is 4.74 Å². The van der Waals surface area contributed by atoms with E-state index in [1.807, 2.05) is 29.2 Å². The third kappa shape index (κ3) is 4.24. The van der Waals surface area contributed by atoms with Gasteiger partial charge in [0.05, 0.1) is 7.11 Å². The van der Waals surface area contributed by atoms with Gasteiger partial charge in [-0.2, -0.15) is 0 Å². The van der Waals surface area contributed by atoms with E-state index in [9.17, 15) is 4.79 Å². The molecule has 2 heterocycles. The highest BCUT2D eigenvalue weighted by Gasteiger charge is 2.29. The lowest BCUT2D eigenvalue weighted by Crippen LogP contribution is -2.41. The van der Waals surface area contributed by atoms with Gasteiger partial charge in [-0.3, -0.25) is 0 Å². The smallest absolute Gasteiger partial charge is 0.321 e. The van der Waals surface area contributed by atoms with Crippen LogP contribution in [0.15, 0.2) is 24.3 Å². The summed E-state index contributed by atoms with van der Waals surface area (Å²) in [4.78, 5) is 14.6. The molecule has 0 radical (unpaired) electrons. The Morgan fingerprint density at radius 3 is 2.67 bits per heavy atom. The number of rotatable bonds is 4. The fourth-order valence-electron chi connectivity index (χ4n) is 4.02. The van der Waals surface area contributed by atoms with Crippen molar-refractivity contribution < 1.29 is 9.53 Å². The fourth-order valence-corrected chi connectivity index (χ4v) is 5.15. The van der Waals surface area contributed by atoms with Crippen molar-refractivity contribution in [2.45, 2.75) is 50.4 Å². The first-order chi connectivity index (χ1) is 13.2. The van der Waals surface area contributed by atoms with Gasteiger partial charge in [0.25, 0.3) is 0 Å². The Morgan fingerprint density at radius 2 is 1.89 bits per heavy atom. The van der Waals surface area contributed by atoms with Crippen LogP contribution < -0.4 is 10.1 Å². The van der Waals surface area contributed by atoms with Crippen molar-refractivity contribution in [2.75, 3.05) is 25.5 Å². The molecule has 1 aliphatic carbocycles. The monoisotopic (exact) mass is 386 g/mol. The first-order valence-corrected chi connectivity index (χ1v) is 10.6. The number of piperidine rings is 1. The highest BCUT2D eigenvalue weighted by Crippen LogP contribution is 2.38. The molecular weight excluding hydrogens is 360 g/mol. The third-order valence-corrected chi connectivity index (χ3v) is 6.79. The molecule has 0 bridgehead atoms. The van der Waals surface area contributed by atoms with Gasteiger partial charge < -0.3 is 15.0 Å². The van der Waals surface area contributed by atoms with Crippen LogP contribution in [0.4, 0.5) is 10.5 Å². The summed E-state index contributed by atoms with van der Waals surface area (Å²) in [7, 11) is 1.62. The van der Waals surface area contributed by atoms with Crippen molar-refractivity contribution >= 4 is 23.1 Å². The van der Waals surface area contributed by atoms with Gasteiger partial charge in [-0.1, -0.05) is 18.9 Å². The van der Waals surface area contributed by atoms with Crippen molar-refractivity contribution in [1.82, 2.24) is 15.1 Å². The number of anilines is 1. The van der Waals surface area contributed by atoms with Gasteiger partial charge in [0.15, 0.2) is 0 Å². The number of likely N-dealkylation sites (tertiary alicyclic amines) is 1. The molecule has 1 aliphatic heterocycles. The Bertz CT molecular complexity index is 788. The zero-order valence-electron chi connectivity index (χ0n) is 15.7. The molecule has 1 unspecified atom stereocenters. The minimum atomic E-state index is -0.0616. The quantitative estimate of drug-likeness (QED) is 0.833. The highest BCUT2D eigenvalue weighted by atomic mass is 32.1. The van der Waals surface area contributed by atoms with Crippen molar-refractivity contribution in [3.8, 4) is 5.75 Å². The zero-order chi connectivity index (χ0) is 18.6. The SMILES string of the molecule is COc1cccc(NC(=O)N2CCCC(c3nnc(C4CCCC4)s3)C2)c1. The van der Waals surface area contributed by atoms with Gasteiger partial charge in [-0.25, -0.2) is 4.79 Å². The van der Waals surface area contributed by atoms with Crippen LogP contribution >= 0.6 is 11.3 Å². The molecule has 2 aliphatic rings. The first-order valence-electron chi connectivity index (χ1n) is 9.76. The predicted molar refractivity (Wildman–Crippen MR) is 107 cm³/mol. The van der Waals surface area contributed by atoms with Gasteiger partial charge in [0, 0.05) is 36.7 Å². The molecule has 4 rings (SSSR count). The number of carbonyl (C=O) groups excluding carboxylic acids is 1. The van der Waals surface area contributed by atoms with Gasteiger partial charge in [-0.15, -0.1) is 21.5 Å². The molecular formula is C20H26N4O2S. The van der Waals surface area contributed by atoms with Crippen LogP contribution in [0.2, 0.25) is 0 Å². The Morgan fingerprint density at radius 1 is 1.15 bits per heavy atom. The van der Waals surface area contributed by atoms with Crippen molar-refractivity contribution in [3.63, 3.8) is 0 Å². The fraction of sp³-hybridized carbons (Fsp3) is 0.550. The van der Waals surface area contributed by atoms with E-state index < -0.39 is 0 Å². The minimum absolute atomic E-state index is 0.0616. The molecule has 1 N–H and O–H groups in total. The lowest BCUT2D eigenvalue weighted by molar-refractivity contribution is 0.192. The maximum atomic E-state index is 12.7. The molecule has 6 nitrogen and oxygen atoms in total. The molecule has 1 saturated carbocycles. The average Bonchev–Trinajstić information content (AvgIpc) is 3.40. The van der Waals surface area contributed by atoms with Gasteiger partial charge >= 0.3 is 6.03 Å². The molecule has 2 amide bonds. The molecule has 1 aromatic heterocycles. The van der Waals surface area contributed by atoms with Crippen LogP contribution in [0.25, 0.3) is 0 Å². The Balaban J connectivity index is 1.39. The van der Waals surface area contributed by atoms with Crippen LogP contribution in [-0.2, 0) is 0 Å². The lowest BCUT2D eigenvalue weighted by Gasteiger charge is -2.31. The summed E-state index contributed by atoms with van der Waals surface area (Å²) in [5.74, 6) is 1.63. The minimum Gasteiger partial charge on any atom is -0.497 e. The maximum absolute atomic E-state index is 12.7. The number of nitrogens with one attached hydrogen (secondary N) is 1. The first kappa shape index (κ1) is 18.2. The third-order valence-electron chi connectivity index (χ3n) is 5.54. The number of amides is 2. The molecule has 1 saturated heterocycles. The van der Waals surface area contributed by atoms with Crippen LogP contribution in [0.1, 0.15) is 60.4 Å². The standard InChI is InChI=1S/C20H26N4O2S/c1-26-17-10-4-9-16(12-17)21-20(25)24-11-5-8-15(13-24)19-23-22-18(27-19)14-6-2-3-7-14/h4,9-10,12,14-15H,2-3,5-8,11,13H2,1H3,(H,21,25). The Hall–Kier alpha value is -2.15. The van der Waals surface area contributed by atoms with Crippen LogP contribution in [0.3, 0.4) is 0 Å². The van der Waals surface area contributed by atoms with E-state index >= 15 is 0 Å². The van der Waals surface area contributed by atoms with E-state index in [1.54, 1.807) is 18.4 Å². The van der Waals surface area contributed by atoms with Gasteiger partial charge in [-0.05, 0) is 37.8 Å². The summed E-state index contributed by atoms with van der Waals surface area (Å²) in [5.41, 5.74) is 0.751. The molecule has 1 aromatic carbocycles. The second kappa shape index (κ2) is 8.25. The number of aromatic nitrogens is 2. The summed E-state index contributed by atoms with van der Waals surface area (Å²) < 4.78 is 5.22. The molecule has 2 aromatic rings. The van der Waals surface area contributed by atoms with Crippen molar-refractivity contribution in [3.05, 3.63) is 34.3 Å². The Kier molecular flexibility index (Phi) is 5.57. The number of methoxy groups -OCH3 is 1. The van der Waals surface area contributed by atoms with E-state index in [0.29, 0.717) is 18.4 Å². The summed E-state index contributed by atoms with van der Waals surface area (Å²) >= 11 is 1.76. The number of hydrogen-bond donors (Lipinski definition) is 1. The molecule has 0 spiro atoms. The second-order valence-corrected chi connectivity index (χ2v) is 8.45. The molecule has 27 heavy (non-hydrogen) atoms. The number of carbonyl (C=O) groups is 1. The summed E-state index contributed by atoms with van der Waals surface area (Å²) in [5, 5.41) is 14.2.